The van der Waals surface area contributed by atoms with Gasteiger partial charge in [0.25, 0.3) is 0 Å². The van der Waals surface area contributed by atoms with E-state index in [9.17, 15) is 9.59 Å². The molecular formula is C18H32O5. The van der Waals surface area contributed by atoms with Gasteiger partial charge in [-0.05, 0) is 46.0 Å². The van der Waals surface area contributed by atoms with Crippen molar-refractivity contribution >= 4 is 11.9 Å². The second kappa shape index (κ2) is 7.65. The zero-order valence-electron chi connectivity index (χ0n) is 15.5. The number of carbonyl (C=O) groups excluding carboxylic acids is 2. The third-order valence-corrected chi connectivity index (χ3v) is 5.22. The molecule has 23 heavy (non-hydrogen) atoms. The summed E-state index contributed by atoms with van der Waals surface area (Å²) < 4.78 is 16.3. The van der Waals surface area contributed by atoms with Crippen molar-refractivity contribution in [1.29, 1.82) is 0 Å². The molecule has 1 fully saturated rings. The van der Waals surface area contributed by atoms with Crippen LogP contribution in [-0.4, -0.2) is 37.9 Å². The normalized spacial score (nSPS) is 17.8. The van der Waals surface area contributed by atoms with E-state index < -0.39 is 17.0 Å². The predicted octanol–water partition coefficient (Wildman–Crippen LogP) is 3.49. The summed E-state index contributed by atoms with van der Waals surface area (Å²) in [5.41, 5.74) is -1.39. The minimum atomic E-state index is -0.583. The molecule has 0 bridgehead atoms. The van der Waals surface area contributed by atoms with Gasteiger partial charge >= 0.3 is 11.9 Å². The van der Waals surface area contributed by atoms with E-state index in [2.05, 4.69) is 13.8 Å². The molecule has 5 nitrogen and oxygen atoms in total. The molecule has 0 heterocycles. The third-order valence-electron chi connectivity index (χ3n) is 5.22. The number of rotatable bonds is 8. The summed E-state index contributed by atoms with van der Waals surface area (Å²) in [6.45, 7) is 9.83. The average Bonchev–Trinajstić information content (AvgIpc) is 2.94. The molecule has 0 saturated heterocycles. The van der Waals surface area contributed by atoms with Gasteiger partial charge in [0, 0.05) is 12.5 Å². The van der Waals surface area contributed by atoms with E-state index in [1.807, 2.05) is 6.92 Å². The minimum absolute atomic E-state index is 0.277. The zero-order chi connectivity index (χ0) is 17.7. The highest BCUT2D eigenvalue weighted by Crippen LogP contribution is 2.46. The molecule has 0 unspecified atom stereocenters. The number of esters is 2. The fourth-order valence-electron chi connectivity index (χ4n) is 3.07. The highest BCUT2D eigenvalue weighted by Gasteiger charge is 2.50. The Hall–Kier alpha value is -1.10. The lowest BCUT2D eigenvalue weighted by molar-refractivity contribution is -0.187. The molecule has 0 aliphatic heterocycles. The van der Waals surface area contributed by atoms with E-state index in [0.717, 1.165) is 25.7 Å². The van der Waals surface area contributed by atoms with Crippen LogP contribution in [0, 0.1) is 10.8 Å². The molecule has 0 N–H and O–H groups in total. The zero-order valence-corrected chi connectivity index (χ0v) is 15.5. The van der Waals surface area contributed by atoms with Gasteiger partial charge in [0.1, 0.15) is 5.60 Å². The maximum atomic E-state index is 12.2. The quantitative estimate of drug-likeness (QED) is 0.638. The number of hydrogen-bond acceptors (Lipinski definition) is 5. The van der Waals surface area contributed by atoms with Crippen LogP contribution in [0.15, 0.2) is 0 Å². The standard InChI is InChI=1S/C18H32O5/c1-7-16(2,3)15(20)22-12-14(19)23-18(10-8-9-11-18)17(4,5)13-21-6/h7-13H2,1-6H3. The van der Waals surface area contributed by atoms with Crippen molar-refractivity contribution in [3.8, 4) is 0 Å². The van der Waals surface area contributed by atoms with E-state index >= 15 is 0 Å². The molecule has 0 spiro atoms. The Balaban J connectivity index is 2.68. The van der Waals surface area contributed by atoms with Gasteiger partial charge in [0.15, 0.2) is 6.61 Å². The number of carbonyl (C=O) groups is 2. The van der Waals surface area contributed by atoms with Gasteiger partial charge in [-0.25, -0.2) is 4.79 Å². The molecule has 0 aromatic carbocycles. The molecule has 134 valence electrons. The highest BCUT2D eigenvalue weighted by atomic mass is 16.6. The van der Waals surface area contributed by atoms with Gasteiger partial charge in [-0.2, -0.15) is 0 Å². The van der Waals surface area contributed by atoms with Gasteiger partial charge in [-0.3, -0.25) is 4.79 Å². The van der Waals surface area contributed by atoms with Crippen molar-refractivity contribution in [1.82, 2.24) is 0 Å². The fourth-order valence-corrected chi connectivity index (χ4v) is 3.07. The van der Waals surface area contributed by atoms with Crippen molar-refractivity contribution in [2.24, 2.45) is 10.8 Å². The maximum absolute atomic E-state index is 12.2. The first kappa shape index (κ1) is 19.9. The van der Waals surface area contributed by atoms with Crippen LogP contribution >= 0.6 is 0 Å². The Morgan fingerprint density at radius 2 is 1.65 bits per heavy atom. The van der Waals surface area contributed by atoms with Crippen LogP contribution in [0.2, 0.25) is 0 Å². The van der Waals surface area contributed by atoms with Crippen LogP contribution in [0.1, 0.15) is 66.7 Å². The van der Waals surface area contributed by atoms with Crippen LogP contribution in [0.4, 0.5) is 0 Å². The molecule has 0 aromatic rings. The van der Waals surface area contributed by atoms with E-state index in [-0.39, 0.29) is 18.0 Å². The van der Waals surface area contributed by atoms with Crippen LogP contribution in [0.5, 0.6) is 0 Å². The lowest BCUT2D eigenvalue weighted by Gasteiger charge is -2.43. The highest BCUT2D eigenvalue weighted by molar-refractivity contribution is 5.80. The first-order valence-electron chi connectivity index (χ1n) is 8.48. The summed E-state index contributed by atoms with van der Waals surface area (Å²) in [5.74, 6) is -0.843. The van der Waals surface area contributed by atoms with Crippen molar-refractivity contribution in [3.63, 3.8) is 0 Å². The topological polar surface area (TPSA) is 61.8 Å². The molecule has 5 heteroatoms. The largest absolute Gasteiger partial charge is 0.456 e. The van der Waals surface area contributed by atoms with Crippen LogP contribution in [-0.2, 0) is 23.8 Å². The van der Waals surface area contributed by atoms with E-state index in [1.54, 1.807) is 21.0 Å². The van der Waals surface area contributed by atoms with Crippen LogP contribution < -0.4 is 0 Å². The monoisotopic (exact) mass is 328 g/mol. The van der Waals surface area contributed by atoms with Gasteiger partial charge in [0.2, 0.25) is 0 Å². The Morgan fingerprint density at radius 1 is 1.09 bits per heavy atom. The maximum Gasteiger partial charge on any atom is 0.344 e. The average molecular weight is 328 g/mol. The molecule has 0 radical (unpaired) electrons. The lowest BCUT2D eigenvalue weighted by atomic mass is 9.74. The molecule has 1 saturated carbocycles. The molecule has 0 atom stereocenters. The van der Waals surface area contributed by atoms with Crippen molar-refractivity contribution in [2.45, 2.75) is 72.3 Å². The second-order valence-corrected chi connectivity index (χ2v) is 7.81. The molecule has 1 rings (SSSR count). The van der Waals surface area contributed by atoms with Gasteiger partial charge in [-0.1, -0.05) is 20.8 Å². The number of ether oxygens (including phenoxy) is 3. The Labute approximate surface area is 140 Å². The van der Waals surface area contributed by atoms with Crippen LogP contribution in [0.3, 0.4) is 0 Å². The number of methoxy groups -OCH3 is 1. The third kappa shape index (κ3) is 4.69. The summed E-state index contributed by atoms with van der Waals surface area (Å²) >= 11 is 0. The van der Waals surface area contributed by atoms with Crippen LogP contribution in [0.25, 0.3) is 0 Å². The lowest BCUT2D eigenvalue weighted by Crippen LogP contribution is -2.49. The summed E-state index contributed by atoms with van der Waals surface area (Å²) in [6, 6.07) is 0. The summed E-state index contributed by atoms with van der Waals surface area (Å²) in [5, 5.41) is 0. The Bertz CT molecular complexity index is 419. The fraction of sp³-hybridized carbons (Fsp3) is 0.889. The Kier molecular flexibility index (Phi) is 6.63. The first-order valence-corrected chi connectivity index (χ1v) is 8.48. The SMILES string of the molecule is CCC(C)(C)C(=O)OCC(=O)OC1(C(C)(C)COC)CCCC1. The molecule has 0 aromatic heterocycles. The van der Waals surface area contributed by atoms with Crippen molar-refractivity contribution in [3.05, 3.63) is 0 Å². The minimum Gasteiger partial charge on any atom is -0.456 e. The van der Waals surface area contributed by atoms with Crippen molar-refractivity contribution in [2.75, 3.05) is 20.3 Å². The summed E-state index contributed by atoms with van der Waals surface area (Å²) in [6.07, 6.45) is 4.37. The second-order valence-electron chi connectivity index (χ2n) is 7.81. The van der Waals surface area contributed by atoms with E-state index in [0.29, 0.717) is 13.0 Å². The number of hydrogen-bond donors (Lipinski definition) is 0. The molecule has 0 amide bonds. The smallest absolute Gasteiger partial charge is 0.344 e. The predicted molar refractivity (Wildman–Crippen MR) is 88.0 cm³/mol. The molecule has 1 aliphatic rings. The van der Waals surface area contributed by atoms with E-state index in [4.69, 9.17) is 14.2 Å². The molecular weight excluding hydrogens is 296 g/mol. The van der Waals surface area contributed by atoms with Gasteiger partial charge in [-0.15, -0.1) is 0 Å². The first-order chi connectivity index (χ1) is 10.6. The molecule has 1 aliphatic carbocycles. The Morgan fingerprint density at radius 3 is 2.13 bits per heavy atom. The summed E-state index contributed by atoms with van der Waals surface area (Å²) in [7, 11) is 1.65. The summed E-state index contributed by atoms with van der Waals surface area (Å²) in [4.78, 5) is 24.2. The van der Waals surface area contributed by atoms with Gasteiger partial charge in [0.05, 0.1) is 12.0 Å². The van der Waals surface area contributed by atoms with Gasteiger partial charge < -0.3 is 14.2 Å². The van der Waals surface area contributed by atoms with Crippen molar-refractivity contribution < 1.29 is 23.8 Å². The van der Waals surface area contributed by atoms with E-state index in [1.165, 1.54) is 0 Å².